The summed E-state index contributed by atoms with van der Waals surface area (Å²) >= 11 is 0. The number of nitrogens with one attached hydrogen (secondary N) is 2. The number of likely N-dealkylation sites (tertiary alicyclic amines) is 1. The fourth-order valence-electron chi connectivity index (χ4n) is 4.36. The molecule has 0 aliphatic carbocycles. The van der Waals surface area contributed by atoms with Crippen LogP contribution in [0, 0.1) is 6.92 Å². The van der Waals surface area contributed by atoms with Gasteiger partial charge >= 0.3 is 5.69 Å². The Morgan fingerprint density at radius 2 is 1.75 bits per heavy atom. The van der Waals surface area contributed by atoms with Crippen LogP contribution in [0.15, 0.2) is 53.3 Å². The number of carbonyl (C=O) groups excluding carboxylic acids is 1. The van der Waals surface area contributed by atoms with E-state index in [-0.39, 0.29) is 17.6 Å². The predicted molar refractivity (Wildman–Crippen MR) is 110 cm³/mol. The molecule has 1 saturated heterocycles. The number of hydrogen-bond donors (Lipinski definition) is 2. The van der Waals surface area contributed by atoms with E-state index in [9.17, 15) is 9.59 Å². The second kappa shape index (κ2) is 6.41. The number of carbonyl (C=O) groups is 1. The van der Waals surface area contributed by atoms with Crippen LogP contribution in [-0.2, 0) is 0 Å². The van der Waals surface area contributed by atoms with Crippen LogP contribution in [0.25, 0.3) is 21.9 Å². The number of aromatic amines is 2. The topological polar surface area (TPSA) is 73.9 Å². The molecule has 28 heavy (non-hydrogen) atoms. The fourth-order valence-corrected chi connectivity index (χ4v) is 4.36. The number of hydrogen-bond acceptors (Lipinski definition) is 2. The van der Waals surface area contributed by atoms with Crippen molar-refractivity contribution < 1.29 is 4.79 Å². The molecule has 6 nitrogen and oxygen atoms in total. The van der Waals surface area contributed by atoms with Crippen LogP contribution >= 0.6 is 0 Å². The van der Waals surface area contributed by atoms with Gasteiger partial charge in [-0.25, -0.2) is 4.79 Å². The zero-order chi connectivity index (χ0) is 19.3. The lowest BCUT2D eigenvalue weighted by Crippen LogP contribution is -2.40. The molecule has 4 aromatic rings. The number of imidazole rings is 1. The van der Waals surface area contributed by atoms with E-state index in [2.05, 4.69) is 23.0 Å². The summed E-state index contributed by atoms with van der Waals surface area (Å²) in [6, 6.07) is 15.9. The molecule has 0 radical (unpaired) electrons. The number of aryl methyl sites for hydroxylation is 1. The molecule has 1 aliphatic heterocycles. The largest absolute Gasteiger partial charge is 0.351 e. The number of fused-ring (bicyclic) bond motifs is 2. The first-order valence-corrected chi connectivity index (χ1v) is 9.68. The molecule has 142 valence electrons. The van der Waals surface area contributed by atoms with E-state index in [1.807, 2.05) is 51.9 Å². The molecule has 1 fully saturated rings. The van der Waals surface area contributed by atoms with Gasteiger partial charge in [0.2, 0.25) is 0 Å². The zero-order valence-corrected chi connectivity index (χ0v) is 15.7. The Morgan fingerprint density at radius 3 is 2.54 bits per heavy atom. The smallest absolute Gasteiger partial charge is 0.326 e. The molecule has 2 aromatic heterocycles. The molecule has 1 amide bonds. The van der Waals surface area contributed by atoms with Crippen molar-refractivity contribution >= 4 is 27.8 Å². The van der Waals surface area contributed by atoms with Gasteiger partial charge in [-0.2, -0.15) is 0 Å². The van der Waals surface area contributed by atoms with Crippen LogP contribution in [0.5, 0.6) is 0 Å². The Hall–Kier alpha value is -3.28. The first-order chi connectivity index (χ1) is 13.6. The van der Waals surface area contributed by atoms with Gasteiger partial charge in [0.1, 0.15) is 5.69 Å². The number of aromatic nitrogens is 3. The Bertz CT molecular complexity index is 1240. The summed E-state index contributed by atoms with van der Waals surface area (Å²) in [7, 11) is 0. The summed E-state index contributed by atoms with van der Waals surface area (Å²) in [5, 5.41) is 1.09. The van der Waals surface area contributed by atoms with E-state index in [1.54, 1.807) is 0 Å². The summed E-state index contributed by atoms with van der Waals surface area (Å²) < 4.78 is 1.85. The van der Waals surface area contributed by atoms with Gasteiger partial charge in [-0.1, -0.05) is 24.3 Å². The first kappa shape index (κ1) is 16.9. The van der Waals surface area contributed by atoms with Crippen LogP contribution in [-0.4, -0.2) is 38.4 Å². The summed E-state index contributed by atoms with van der Waals surface area (Å²) in [6.07, 6.45) is 1.54. The minimum atomic E-state index is -0.0722. The van der Waals surface area contributed by atoms with Gasteiger partial charge in [-0.15, -0.1) is 0 Å². The van der Waals surface area contributed by atoms with Crippen LogP contribution in [0.1, 0.15) is 34.9 Å². The molecule has 0 unspecified atom stereocenters. The van der Waals surface area contributed by atoms with E-state index >= 15 is 0 Å². The van der Waals surface area contributed by atoms with E-state index in [0.29, 0.717) is 18.8 Å². The maximum Gasteiger partial charge on any atom is 0.326 e. The van der Waals surface area contributed by atoms with Gasteiger partial charge in [-0.05, 0) is 49.6 Å². The third kappa shape index (κ3) is 2.64. The molecular formula is C22H22N4O2. The van der Waals surface area contributed by atoms with Crippen molar-refractivity contribution in [1.29, 1.82) is 0 Å². The molecule has 5 rings (SSSR count). The van der Waals surface area contributed by atoms with Crippen molar-refractivity contribution in [3.63, 3.8) is 0 Å². The van der Waals surface area contributed by atoms with E-state index in [4.69, 9.17) is 0 Å². The second-order valence-electron chi connectivity index (χ2n) is 7.56. The van der Waals surface area contributed by atoms with Crippen molar-refractivity contribution in [3.05, 3.63) is 70.3 Å². The first-order valence-electron chi connectivity index (χ1n) is 9.68. The summed E-state index contributed by atoms with van der Waals surface area (Å²) in [5.41, 5.74) is 4.50. The molecule has 0 bridgehead atoms. The quantitative estimate of drug-likeness (QED) is 0.563. The number of para-hydroxylation sites is 2. The Kier molecular flexibility index (Phi) is 3.86. The highest BCUT2D eigenvalue weighted by atomic mass is 16.2. The minimum Gasteiger partial charge on any atom is -0.351 e. The van der Waals surface area contributed by atoms with Gasteiger partial charge in [0, 0.05) is 30.0 Å². The van der Waals surface area contributed by atoms with Gasteiger partial charge in [0.15, 0.2) is 0 Å². The summed E-state index contributed by atoms with van der Waals surface area (Å²) in [6.45, 7) is 3.34. The molecule has 2 N–H and O–H groups in total. The van der Waals surface area contributed by atoms with E-state index in [0.717, 1.165) is 40.3 Å². The molecule has 6 heteroatoms. The van der Waals surface area contributed by atoms with Gasteiger partial charge < -0.3 is 14.9 Å². The predicted octanol–water partition coefficient (Wildman–Crippen LogP) is 3.60. The number of H-pyrrole nitrogens is 2. The number of benzene rings is 2. The van der Waals surface area contributed by atoms with Crippen molar-refractivity contribution in [3.8, 4) is 0 Å². The lowest BCUT2D eigenvalue weighted by molar-refractivity contribution is 0.0690. The summed E-state index contributed by atoms with van der Waals surface area (Å²) in [5.74, 6) is 0.0281. The highest BCUT2D eigenvalue weighted by Gasteiger charge is 2.27. The minimum absolute atomic E-state index is 0.0281. The van der Waals surface area contributed by atoms with Crippen LogP contribution in [0.4, 0.5) is 0 Å². The zero-order valence-electron chi connectivity index (χ0n) is 15.7. The number of nitrogens with zero attached hydrogens (tertiary/aromatic N) is 2. The average Bonchev–Trinajstić information content (AvgIpc) is 3.29. The number of rotatable bonds is 2. The van der Waals surface area contributed by atoms with Crippen LogP contribution < -0.4 is 5.69 Å². The second-order valence-corrected chi connectivity index (χ2v) is 7.56. The van der Waals surface area contributed by atoms with Crippen molar-refractivity contribution in [2.45, 2.75) is 25.8 Å². The van der Waals surface area contributed by atoms with Crippen molar-refractivity contribution in [2.24, 2.45) is 0 Å². The molecule has 1 aliphatic rings. The third-order valence-electron chi connectivity index (χ3n) is 5.85. The Labute approximate surface area is 161 Å². The Balaban J connectivity index is 1.36. The molecule has 0 saturated carbocycles. The number of amides is 1. The molecular weight excluding hydrogens is 352 g/mol. The van der Waals surface area contributed by atoms with Crippen LogP contribution in [0.2, 0.25) is 0 Å². The maximum atomic E-state index is 13.0. The van der Waals surface area contributed by atoms with E-state index in [1.165, 1.54) is 0 Å². The van der Waals surface area contributed by atoms with Crippen molar-refractivity contribution in [1.82, 2.24) is 19.4 Å². The number of piperidine rings is 1. The van der Waals surface area contributed by atoms with Gasteiger partial charge in [-0.3, -0.25) is 9.36 Å². The third-order valence-corrected chi connectivity index (χ3v) is 5.85. The lowest BCUT2D eigenvalue weighted by atomic mass is 10.0. The average molecular weight is 374 g/mol. The summed E-state index contributed by atoms with van der Waals surface area (Å²) in [4.78, 5) is 33.5. The highest BCUT2D eigenvalue weighted by Crippen LogP contribution is 2.26. The molecule has 0 spiro atoms. The molecule has 2 aromatic carbocycles. The molecule has 3 heterocycles. The Morgan fingerprint density at radius 1 is 1.00 bits per heavy atom. The van der Waals surface area contributed by atoms with Gasteiger partial charge in [0.25, 0.3) is 5.91 Å². The standard InChI is InChI=1S/C22H22N4O2/c1-14-5-4-7-17-16(14)13-19(23-17)21(27)25-11-9-15(10-12-25)26-20-8-3-2-6-18(20)24-22(26)28/h2-8,13,15,23H,9-12H2,1H3,(H,24,28). The fraction of sp³-hybridized carbons (Fsp3) is 0.273. The van der Waals surface area contributed by atoms with Gasteiger partial charge in [0.05, 0.1) is 11.0 Å². The highest BCUT2D eigenvalue weighted by molar-refractivity contribution is 5.98. The normalized spacial score (nSPS) is 15.5. The SMILES string of the molecule is Cc1cccc2[nH]c(C(=O)N3CCC(n4c(=O)[nH]c5ccccc54)CC3)cc12. The van der Waals surface area contributed by atoms with Crippen molar-refractivity contribution in [2.75, 3.05) is 13.1 Å². The molecule has 0 atom stereocenters. The maximum absolute atomic E-state index is 13.0. The lowest BCUT2D eigenvalue weighted by Gasteiger charge is -2.32. The van der Waals surface area contributed by atoms with Crippen LogP contribution in [0.3, 0.4) is 0 Å². The van der Waals surface area contributed by atoms with E-state index < -0.39 is 0 Å². The monoisotopic (exact) mass is 374 g/mol.